The van der Waals surface area contributed by atoms with Crippen molar-refractivity contribution in [2.45, 2.75) is 25.4 Å². The molecule has 1 aromatic heterocycles. The molecule has 3 heterocycles. The molecule has 1 saturated heterocycles. The number of fused-ring (bicyclic) bond motifs is 3. The van der Waals surface area contributed by atoms with Crippen molar-refractivity contribution in [3.63, 3.8) is 0 Å². The average molecular weight is 343 g/mol. The molecule has 2 N–H and O–H groups in total. The molecule has 8 nitrogen and oxygen atoms in total. The monoisotopic (exact) mass is 343 g/mol. The van der Waals surface area contributed by atoms with Gasteiger partial charge in [0, 0.05) is 12.8 Å². The first-order chi connectivity index (χ1) is 11.5. The highest BCUT2D eigenvalue weighted by Crippen LogP contribution is 2.39. The molecule has 2 aliphatic rings. The Morgan fingerprint density at radius 2 is 2.12 bits per heavy atom. The second-order valence-electron chi connectivity index (χ2n) is 5.64. The number of amides is 3. The second-order valence-corrected chi connectivity index (χ2v) is 6.82. The van der Waals surface area contributed by atoms with E-state index in [1.165, 1.54) is 16.2 Å². The number of hydrogen-bond acceptors (Lipinski definition) is 6. The normalized spacial score (nSPS) is 22.0. The lowest BCUT2D eigenvalue weighted by Crippen LogP contribution is -2.68. The molecule has 0 radical (unpaired) electrons. The third kappa shape index (κ3) is 2.01. The number of nitrogens with one attached hydrogen (secondary N) is 2. The van der Waals surface area contributed by atoms with Gasteiger partial charge in [-0.25, -0.2) is 0 Å². The predicted octanol–water partition coefficient (Wildman–Crippen LogP) is 1.05. The Balaban J connectivity index is 1.77. The van der Waals surface area contributed by atoms with E-state index in [-0.39, 0.29) is 24.7 Å². The highest BCUT2D eigenvalue weighted by Gasteiger charge is 2.56. The van der Waals surface area contributed by atoms with Crippen molar-refractivity contribution in [2.24, 2.45) is 0 Å². The van der Waals surface area contributed by atoms with Gasteiger partial charge >= 0.3 is 0 Å². The molecule has 0 saturated carbocycles. The Kier molecular flexibility index (Phi) is 3.14. The minimum absolute atomic E-state index is 0.178. The molecule has 2 aliphatic heterocycles. The van der Waals surface area contributed by atoms with Crippen molar-refractivity contribution in [1.29, 1.82) is 0 Å². The van der Waals surface area contributed by atoms with E-state index < -0.39 is 11.6 Å². The number of anilines is 2. The van der Waals surface area contributed by atoms with E-state index in [1.807, 2.05) is 0 Å². The zero-order chi connectivity index (χ0) is 16.9. The number of nitrogens with zero attached hydrogens (tertiary/aromatic N) is 3. The third-order valence-electron chi connectivity index (χ3n) is 4.16. The number of carbonyl (C=O) groups excluding carboxylic acids is 3. The van der Waals surface area contributed by atoms with Crippen molar-refractivity contribution < 1.29 is 14.4 Å². The topological polar surface area (TPSA) is 104 Å². The van der Waals surface area contributed by atoms with Crippen molar-refractivity contribution in [3.05, 3.63) is 34.8 Å². The minimum atomic E-state index is -1.43. The van der Waals surface area contributed by atoms with Crippen LogP contribution in [0.5, 0.6) is 0 Å². The first-order valence-electron chi connectivity index (χ1n) is 7.37. The van der Waals surface area contributed by atoms with Gasteiger partial charge in [0.15, 0.2) is 0 Å². The Bertz CT molecular complexity index is 879. The number of rotatable bonds is 2. The molecule has 3 amide bonds. The van der Waals surface area contributed by atoms with Crippen LogP contribution in [0.1, 0.15) is 28.2 Å². The molecule has 24 heavy (non-hydrogen) atoms. The van der Waals surface area contributed by atoms with Gasteiger partial charge in [0.2, 0.25) is 16.7 Å². The number of carbonyl (C=O) groups is 3. The van der Waals surface area contributed by atoms with Crippen LogP contribution >= 0.6 is 11.3 Å². The van der Waals surface area contributed by atoms with E-state index in [2.05, 4.69) is 20.8 Å². The third-order valence-corrected chi connectivity index (χ3v) is 4.92. The summed E-state index contributed by atoms with van der Waals surface area (Å²) in [6, 6.07) is 6.76. The van der Waals surface area contributed by atoms with E-state index in [4.69, 9.17) is 0 Å². The van der Waals surface area contributed by atoms with Crippen molar-refractivity contribution >= 4 is 39.9 Å². The summed E-state index contributed by atoms with van der Waals surface area (Å²) < 4.78 is 0. The SMILES string of the molecule is Cc1nnc(NC(=O)[C@]23CCC(=O)N2c2ccccc2C(=O)N3)s1. The zero-order valence-electron chi connectivity index (χ0n) is 12.7. The van der Waals surface area contributed by atoms with Gasteiger partial charge in [-0.3, -0.25) is 24.6 Å². The fourth-order valence-corrected chi connectivity index (χ4v) is 3.70. The summed E-state index contributed by atoms with van der Waals surface area (Å²) >= 11 is 1.23. The van der Waals surface area contributed by atoms with Gasteiger partial charge in [0.1, 0.15) is 5.01 Å². The molecule has 1 aromatic carbocycles. The molecule has 4 rings (SSSR count). The summed E-state index contributed by atoms with van der Waals surface area (Å²) in [7, 11) is 0. The van der Waals surface area contributed by atoms with Gasteiger partial charge in [0.05, 0.1) is 11.3 Å². The van der Waals surface area contributed by atoms with E-state index in [9.17, 15) is 14.4 Å². The van der Waals surface area contributed by atoms with Crippen LogP contribution in [0.25, 0.3) is 0 Å². The van der Waals surface area contributed by atoms with Crippen LogP contribution in [0.3, 0.4) is 0 Å². The Labute approximate surface area is 140 Å². The highest BCUT2D eigenvalue weighted by atomic mass is 32.1. The van der Waals surface area contributed by atoms with Crippen molar-refractivity contribution in [2.75, 3.05) is 10.2 Å². The molecule has 2 aromatic rings. The zero-order valence-corrected chi connectivity index (χ0v) is 13.5. The lowest BCUT2D eigenvalue weighted by molar-refractivity contribution is -0.124. The Morgan fingerprint density at radius 1 is 1.33 bits per heavy atom. The van der Waals surface area contributed by atoms with Crippen LogP contribution in [-0.4, -0.2) is 33.6 Å². The predicted molar refractivity (Wildman–Crippen MR) is 86.6 cm³/mol. The molecule has 0 unspecified atom stereocenters. The van der Waals surface area contributed by atoms with Crippen molar-refractivity contribution in [3.8, 4) is 0 Å². The van der Waals surface area contributed by atoms with Gasteiger partial charge in [-0.1, -0.05) is 23.5 Å². The van der Waals surface area contributed by atoms with Crippen molar-refractivity contribution in [1.82, 2.24) is 15.5 Å². The first-order valence-corrected chi connectivity index (χ1v) is 8.19. The van der Waals surface area contributed by atoms with Gasteiger partial charge in [-0.2, -0.15) is 0 Å². The lowest BCUT2D eigenvalue weighted by Gasteiger charge is -2.41. The maximum absolute atomic E-state index is 12.9. The summed E-state index contributed by atoms with van der Waals surface area (Å²) in [5.41, 5.74) is -0.600. The maximum atomic E-state index is 12.9. The number of aromatic nitrogens is 2. The van der Waals surface area contributed by atoms with E-state index in [0.29, 0.717) is 21.4 Å². The molecule has 0 spiro atoms. The first kappa shape index (κ1) is 14.8. The molecular weight excluding hydrogens is 330 g/mol. The van der Waals surface area contributed by atoms with E-state index in [0.717, 1.165) is 0 Å². The minimum Gasteiger partial charge on any atom is -0.321 e. The van der Waals surface area contributed by atoms with Crippen LogP contribution in [0.4, 0.5) is 10.8 Å². The van der Waals surface area contributed by atoms with Gasteiger partial charge < -0.3 is 5.32 Å². The number of para-hydroxylation sites is 1. The molecule has 1 fully saturated rings. The van der Waals surface area contributed by atoms with Crippen LogP contribution in [0.15, 0.2) is 24.3 Å². The summed E-state index contributed by atoms with van der Waals surface area (Å²) in [6.07, 6.45) is 0.382. The number of benzene rings is 1. The largest absolute Gasteiger partial charge is 0.321 e. The van der Waals surface area contributed by atoms with Crippen LogP contribution in [0.2, 0.25) is 0 Å². The fourth-order valence-electron chi connectivity index (χ4n) is 3.12. The smallest absolute Gasteiger partial charge is 0.273 e. The lowest BCUT2D eigenvalue weighted by atomic mass is 9.99. The average Bonchev–Trinajstić information content (AvgIpc) is 3.12. The van der Waals surface area contributed by atoms with Gasteiger partial charge in [-0.05, 0) is 19.1 Å². The van der Waals surface area contributed by atoms with Gasteiger partial charge in [0.25, 0.3) is 11.8 Å². The van der Waals surface area contributed by atoms with E-state index >= 15 is 0 Å². The van der Waals surface area contributed by atoms with Crippen LogP contribution in [-0.2, 0) is 9.59 Å². The van der Waals surface area contributed by atoms with Crippen LogP contribution < -0.4 is 15.5 Å². The molecule has 122 valence electrons. The molecule has 9 heteroatoms. The standard InChI is InChI=1S/C15H13N5O3S/c1-8-18-19-14(24-8)16-13(23)15-7-6-11(21)20(15)10-5-3-2-4-9(10)12(22)17-15/h2-5H,6-7H2,1H3,(H,17,22)(H,16,19,23)/t15-/m0/s1. The molecule has 0 bridgehead atoms. The number of aryl methyl sites for hydroxylation is 1. The second kappa shape index (κ2) is 5.10. The summed E-state index contributed by atoms with van der Waals surface area (Å²) in [5, 5.41) is 14.1. The number of hydrogen-bond donors (Lipinski definition) is 2. The quantitative estimate of drug-likeness (QED) is 0.848. The van der Waals surface area contributed by atoms with Crippen LogP contribution in [0, 0.1) is 6.92 Å². The van der Waals surface area contributed by atoms with E-state index in [1.54, 1.807) is 31.2 Å². The summed E-state index contributed by atoms with van der Waals surface area (Å²) in [4.78, 5) is 39.1. The Hall–Kier alpha value is -2.81. The van der Waals surface area contributed by atoms with Gasteiger partial charge in [-0.15, -0.1) is 10.2 Å². The maximum Gasteiger partial charge on any atom is 0.273 e. The molecule has 0 aliphatic carbocycles. The summed E-state index contributed by atoms with van der Waals surface area (Å²) in [6.45, 7) is 1.77. The molecular formula is C15H13N5O3S. The fraction of sp³-hybridized carbons (Fsp3) is 0.267. The Morgan fingerprint density at radius 3 is 2.88 bits per heavy atom. The highest BCUT2D eigenvalue weighted by molar-refractivity contribution is 7.15. The molecule has 1 atom stereocenters. The summed E-state index contributed by atoms with van der Waals surface area (Å²) in [5.74, 6) is -1.07.